The lowest BCUT2D eigenvalue weighted by molar-refractivity contribution is 0.198. The molecule has 0 bridgehead atoms. The fourth-order valence-corrected chi connectivity index (χ4v) is 1.57. The largest absolute Gasteiger partial charge is 0.389 e. The highest BCUT2D eigenvalue weighted by Gasteiger charge is 2.04. The van der Waals surface area contributed by atoms with Crippen molar-refractivity contribution >= 4 is 15.9 Å². The molecule has 0 aliphatic heterocycles. The molecule has 0 saturated heterocycles. The number of rotatable bonds is 2. The van der Waals surface area contributed by atoms with E-state index < -0.39 is 0 Å². The van der Waals surface area contributed by atoms with Crippen LogP contribution < -0.4 is 0 Å². The fourth-order valence-electron chi connectivity index (χ4n) is 1.06. The lowest BCUT2D eigenvalue weighted by atomic mass is 10.1. The Hall–Kier alpha value is -0.340. The van der Waals surface area contributed by atoms with Crippen LogP contribution in [0.5, 0.6) is 0 Å². The van der Waals surface area contributed by atoms with Crippen molar-refractivity contribution in [2.75, 3.05) is 0 Å². The maximum atomic E-state index is 9.31. The standard InChI is InChI=1S/C9H11BrO/c1-7(11)9-5-3-2-4-8(9)6-10/h2-5,7,11H,6H2,1H3. The Kier molecular flexibility index (Phi) is 3.09. The van der Waals surface area contributed by atoms with Crippen molar-refractivity contribution in [2.45, 2.75) is 18.4 Å². The van der Waals surface area contributed by atoms with E-state index in [4.69, 9.17) is 0 Å². The third-order valence-electron chi connectivity index (χ3n) is 1.65. The van der Waals surface area contributed by atoms with Gasteiger partial charge in [-0.05, 0) is 18.1 Å². The van der Waals surface area contributed by atoms with Gasteiger partial charge in [-0.25, -0.2) is 0 Å². The van der Waals surface area contributed by atoms with Gasteiger partial charge in [-0.15, -0.1) is 0 Å². The molecule has 0 radical (unpaired) electrons. The Morgan fingerprint density at radius 1 is 1.45 bits per heavy atom. The molecule has 0 aliphatic rings. The number of halogens is 1. The monoisotopic (exact) mass is 214 g/mol. The van der Waals surface area contributed by atoms with Crippen molar-refractivity contribution in [3.8, 4) is 0 Å². The van der Waals surface area contributed by atoms with Gasteiger partial charge in [0.25, 0.3) is 0 Å². The van der Waals surface area contributed by atoms with Gasteiger partial charge in [0, 0.05) is 5.33 Å². The molecule has 0 heterocycles. The lowest BCUT2D eigenvalue weighted by Crippen LogP contribution is -1.95. The first kappa shape index (κ1) is 8.75. The van der Waals surface area contributed by atoms with Crippen molar-refractivity contribution < 1.29 is 5.11 Å². The Balaban J connectivity index is 3.02. The van der Waals surface area contributed by atoms with Gasteiger partial charge in [0.2, 0.25) is 0 Å². The summed E-state index contributed by atoms with van der Waals surface area (Å²) in [5, 5.41) is 10.1. The predicted molar refractivity (Wildman–Crippen MR) is 49.7 cm³/mol. The van der Waals surface area contributed by atoms with Gasteiger partial charge in [0.1, 0.15) is 0 Å². The smallest absolute Gasteiger partial charge is 0.0764 e. The third kappa shape index (κ3) is 2.04. The predicted octanol–water partition coefficient (Wildman–Crippen LogP) is 2.63. The Bertz CT molecular complexity index is 233. The average molecular weight is 215 g/mol. The van der Waals surface area contributed by atoms with Crippen LogP contribution in [-0.4, -0.2) is 5.11 Å². The molecule has 60 valence electrons. The Labute approximate surface area is 75.2 Å². The van der Waals surface area contributed by atoms with E-state index in [2.05, 4.69) is 15.9 Å². The Morgan fingerprint density at radius 2 is 2.09 bits per heavy atom. The second-order valence-corrected chi connectivity index (χ2v) is 3.07. The van der Waals surface area contributed by atoms with Crippen LogP contribution >= 0.6 is 15.9 Å². The highest BCUT2D eigenvalue weighted by molar-refractivity contribution is 9.08. The summed E-state index contributed by atoms with van der Waals surface area (Å²) in [5.41, 5.74) is 2.16. The maximum absolute atomic E-state index is 9.31. The molecule has 0 aliphatic carbocycles. The second kappa shape index (κ2) is 3.88. The molecule has 0 amide bonds. The molecule has 1 N–H and O–H groups in total. The SMILES string of the molecule is CC(O)c1ccccc1CBr. The lowest BCUT2D eigenvalue weighted by Gasteiger charge is -2.08. The van der Waals surface area contributed by atoms with Crippen LogP contribution in [0, 0.1) is 0 Å². The van der Waals surface area contributed by atoms with E-state index in [0.717, 1.165) is 16.5 Å². The highest BCUT2D eigenvalue weighted by Crippen LogP contribution is 2.19. The molecule has 0 fully saturated rings. The quantitative estimate of drug-likeness (QED) is 0.752. The first-order valence-electron chi connectivity index (χ1n) is 3.57. The first-order chi connectivity index (χ1) is 5.25. The molecule has 0 aromatic heterocycles. The molecule has 1 unspecified atom stereocenters. The second-order valence-electron chi connectivity index (χ2n) is 2.51. The number of alkyl halides is 1. The number of benzene rings is 1. The van der Waals surface area contributed by atoms with Crippen LogP contribution in [0.25, 0.3) is 0 Å². The first-order valence-corrected chi connectivity index (χ1v) is 4.69. The summed E-state index contributed by atoms with van der Waals surface area (Å²) in [6.45, 7) is 1.78. The zero-order valence-electron chi connectivity index (χ0n) is 6.42. The third-order valence-corrected chi connectivity index (χ3v) is 2.25. The summed E-state index contributed by atoms with van der Waals surface area (Å²) in [7, 11) is 0. The number of aliphatic hydroxyl groups is 1. The van der Waals surface area contributed by atoms with Gasteiger partial charge in [-0.2, -0.15) is 0 Å². The molecule has 0 spiro atoms. The van der Waals surface area contributed by atoms with E-state index in [-0.39, 0.29) is 6.10 Å². The van der Waals surface area contributed by atoms with Gasteiger partial charge in [0.15, 0.2) is 0 Å². The van der Waals surface area contributed by atoms with Gasteiger partial charge < -0.3 is 5.11 Å². The molecular formula is C9H11BrO. The summed E-state index contributed by atoms with van der Waals surface area (Å²) in [4.78, 5) is 0. The van der Waals surface area contributed by atoms with Crippen molar-refractivity contribution in [3.05, 3.63) is 35.4 Å². The minimum Gasteiger partial charge on any atom is -0.389 e. The zero-order chi connectivity index (χ0) is 8.27. The van der Waals surface area contributed by atoms with E-state index in [9.17, 15) is 5.11 Å². The van der Waals surface area contributed by atoms with Gasteiger partial charge in [-0.3, -0.25) is 0 Å². The summed E-state index contributed by atoms with van der Waals surface area (Å²) < 4.78 is 0. The minimum absolute atomic E-state index is 0.372. The van der Waals surface area contributed by atoms with Crippen LogP contribution in [0.3, 0.4) is 0 Å². The van der Waals surface area contributed by atoms with E-state index in [1.165, 1.54) is 0 Å². The maximum Gasteiger partial charge on any atom is 0.0764 e. The molecule has 1 rings (SSSR count). The summed E-state index contributed by atoms with van der Waals surface area (Å²) in [6, 6.07) is 7.87. The highest BCUT2D eigenvalue weighted by atomic mass is 79.9. The molecule has 1 atom stereocenters. The zero-order valence-corrected chi connectivity index (χ0v) is 8.01. The van der Waals surface area contributed by atoms with Crippen LogP contribution in [0.4, 0.5) is 0 Å². The molecule has 11 heavy (non-hydrogen) atoms. The van der Waals surface area contributed by atoms with Crippen LogP contribution in [0.2, 0.25) is 0 Å². The average Bonchev–Trinajstić information content (AvgIpc) is 2.04. The minimum atomic E-state index is -0.372. The van der Waals surface area contributed by atoms with Crippen molar-refractivity contribution in [3.63, 3.8) is 0 Å². The normalized spacial score (nSPS) is 13.0. The van der Waals surface area contributed by atoms with Crippen LogP contribution in [0.15, 0.2) is 24.3 Å². The molecular weight excluding hydrogens is 204 g/mol. The molecule has 1 aromatic carbocycles. The van der Waals surface area contributed by atoms with Crippen LogP contribution in [0.1, 0.15) is 24.2 Å². The van der Waals surface area contributed by atoms with Gasteiger partial charge >= 0.3 is 0 Å². The molecule has 1 aromatic rings. The van der Waals surface area contributed by atoms with E-state index in [1.54, 1.807) is 6.92 Å². The molecule has 2 heteroatoms. The van der Waals surface area contributed by atoms with Crippen LogP contribution in [-0.2, 0) is 5.33 Å². The number of hydrogen-bond acceptors (Lipinski definition) is 1. The Morgan fingerprint density at radius 3 is 2.55 bits per heavy atom. The van der Waals surface area contributed by atoms with E-state index in [0.29, 0.717) is 0 Å². The number of aliphatic hydroxyl groups excluding tert-OH is 1. The van der Waals surface area contributed by atoms with Crippen molar-refractivity contribution in [1.82, 2.24) is 0 Å². The van der Waals surface area contributed by atoms with Gasteiger partial charge in [-0.1, -0.05) is 40.2 Å². The molecule has 1 nitrogen and oxygen atoms in total. The molecule has 0 saturated carbocycles. The van der Waals surface area contributed by atoms with Crippen molar-refractivity contribution in [1.29, 1.82) is 0 Å². The van der Waals surface area contributed by atoms with Gasteiger partial charge in [0.05, 0.1) is 6.10 Å². The summed E-state index contributed by atoms with van der Waals surface area (Å²) in [6.07, 6.45) is -0.372. The summed E-state index contributed by atoms with van der Waals surface area (Å²) >= 11 is 3.37. The summed E-state index contributed by atoms with van der Waals surface area (Å²) in [5.74, 6) is 0. The number of hydrogen-bond donors (Lipinski definition) is 1. The van der Waals surface area contributed by atoms with E-state index >= 15 is 0 Å². The topological polar surface area (TPSA) is 20.2 Å². The van der Waals surface area contributed by atoms with E-state index in [1.807, 2.05) is 24.3 Å². The fraction of sp³-hybridized carbons (Fsp3) is 0.333. The van der Waals surface area contributed by atoms with Crippen molar-refractivity contribution in [2.24, 2.45) is 0 Å².